The highest BCUT2D eigenvalue weighted by Crippen LogP contribution is 2.38. The minimum Gasteiger partial charge on any atom is -0.326 e. The Balaban J connectivity index is 0.000000222. The summed E-state index contributed by atoms with van der Waals surface area (Å²) >= 11 is 9.21. The van der Waals surface area contributed by atoms with E-state index in [1.165, 1.54) is 76.8 Å². The molecule has 0 amide bonds. The van der Waals surface area contributed by atoms with Crippen molar-refractivity contribution in [3.63, 3.8) is 0 Å². The molecule has 2 aromatic heterocycles. The van der Waals surface area contributed by atoms with Crippen molar-refractivity contribution in [3.8, 4) is 22.5 Å². The van der Waals surface area contributed by atoms with Crippen LogP contribution in [-0.4, -0.2) is 21.2 Å². The van der Waals surface area contributed by atoms with E-state index in [0.717, 1.165) is 27.5 Å². The molecule has 274 valence electrons. The molecule has 2 heterocycles. The molecule has 0 aliphatic heterocycles. The van der Waals surface area contributed by atoms with Crippen molar-refractivity contribution in [1.29, 1.82) is 0 Å². The molecule has 1 saturated carbocycles. The quantitative estimate of drug-likeness (QED) is 0.173. The normalized spacial score (nSPS) is 15.4. The second-order valence-electron chi connectivity index (χ2n) is 14.0. The maximum atomic E-state index is 5.65. The third-order valence-corrected chi connectivity index (χ3v) is 12.2. The van der Waals surface area contributed by atoms with Crippen LogP contribution in [0.1, 0.15) is 25.7 Å². The first-order valence-electron chi connectivity index (χ1n) is 18.7. The van der Waals surface area contributed by atoms with Gasteiger partial charge in [0.05, 0.1) is 22.1 Å². The number of hydrogen-bond acceptors (Lipinski definition) is 2. The summed E-state index contributed by atoms with van der Waals surface area (Å²) in [6.45, 7) is 0. The van der Waals surface area contributed by atoms with Gasteiger partial charge in [-0.2, -0.15) is 0 Å². The molecule has 9 aromatic rings. The van der Waals surface area contributed by atoms with Crippen molar-refractivity contribution in [2.75, 3.05) is 0 Å². The minimum absolute atomic E-state index is 0.281. The van der Waals surface area contributed by atoms with E-state index in [4.69, 9.17) is 11.5 Å². The van der Waals surface area contributed by atoms with E-state index < -0.39 is 0 Å². The number of para-hydroxylation sites is 3. The molecule has 0 bridgehead atoms. The fraction of sp³-hybridized carbons (Fsp3) is 0.125. The summed E-state index contributed by atoms with van der Waals surface area (Å²) in [5.74, 6) is 0. The molecule has 7 aromatic carbocycles. The van der Waals surface area contributed by atoms with Crippen LogP contribution in [0.25, 0.3) is 66.1 Å². The first-order valence-corrected chi connectivity index (χ1v) is 21.3. The van der Waals surface area contributed by atoms with Gasteiger partial charge in [-0.3, -0.25) is 0 Å². The lowest BCUT2D eigenvalue weighted by atomic mass is 9.92. The van der Waals surface area contributed by atoms with Gasteiger partial charge in [-0.05, 0) is 138 Å². The fourth-order valence-electron chi connectivity index (χ4n) is 7.64. The van der Waals surface area contributed by atoms with Gasteiger partial charge in [-0.25, -0.2) is 0 Å². The van der Waals surface area contributed by atoms with Gasteiger partial charge in [-0.15, -0.1) is 0 Å². The van der Waals surface area contributed by atoms with Crippen LogP contribution in [0, 0.1) is 3.57 Å². The van der Waals surface area contributed by atoms with Crippen molar-refractivity contribution >= 4 is 98.1 Å². The Morgan fingerprint density at radius 1 is 0.436 bits per heavy atom. The Bertz CT molecular complexity index is 2690. The number of nitrogens with two attached hydrogens (primary N) is 2. The van der Waals surface area contributed by atoms with Crippen LogP contribution < -0.4 is 11.5 Å². The maximum absolute atomic E-state index is 5.65. The molecule has 55 heavy (non-hydrogen) atoms. The second-order valence-corrected chi connectivity index (χ2v) is 17.1. The maximum Gasteiger partial charge on any atom is 0.0547 e. The summed E-state index contributed by atoms with van der Waals surface area (Å²) in [5.41, 5.74) is 20.9. The average Bonchev–Trinajstić information content (AvgIpc) is 3.73. The molecular weight excluding hydrogens is 919 g/mol. The SMILES string of the molecule is Brc1ccc(-n2c3ccccc3c3ccc(-c4ccc5c(c4)c4ccccc4n5-c4ccccc4)cc32)cc1.Brc1ccc(I)cc1.N[C@@H]1CCCC[C@H]1N. The zero-order valence-corrected chi connectivity index (χ0v) is 35.6. The summed E-state index contributed by atoms with van der Waals surface area (Å²) in [4.78, 5) is 0. The van der Waals surface area contributed by atoms with E-state index in [-0.39, 0.29) is 12.1 Å². The smallest absolute Gasteiger partial charge is 0.0547 e. The molecule has 4 nitrogen and oxygen atoms in total. The molecule has 0 saturated heterocycles. The first-order chi connectivity index (χ1) is 26.9. The molecule has 0 spiro atoms. The third-order valence-electron chi connectivity index (χ3n) is 10.5. The van der Waals surface area contributed by atoms with E-state index in [9.17, 15) is 0 Å². The van der Waals surface area contributed by atoms with Crippen LogP contribution in [0.2, 0.25) is 0 Å². The zero-order valence-electron chi connectivity index (χ0n) is 30.3. The van der Waals surface area contributed by atoms with Crippen molar-refractivity contribution in [2.45, 2.75) is 37.8 Å². The lowest BCUT2D eigenvalue weighted by Gasteiger charge is -2.24. The molecule has 7 heteroatoms. The average molecular weight is 961 g/mol. The topological polar surface area (TPSA) is 61.9 Å². The Hall–Kier alpha value is -4.25. The van der Waals surface area contributed by atoms with Crippen molar-refractivity contribution in [3.05, 3.63) is 176 Å². The molecule has 4 N–H and O–H groups in total. The molecule has 1 aliphatic carbocycles. The largest absolute Gasteiger partial charge is 0.326 e. The Labute approximate surface area is 352 Å². The molecule has 10 rings (SSSR count). The van der Waals surface area contributed by atoms with Gasteiger partial charge < -0.3 is 20.6 Å². The predicted molar refractivity (Wildman–Crippen MR) is 250 cm³/mol. The lowest BCUT2D eigenvalue weighted by molar-refractivity contribution is 0.385. The number of rotatable bonds is 3. The zero-order chi connectivity index (χ0) is 37.9. The number of fused-ring (bicyclic) bond motifs is 6. The summed E-state index contributed by atoms with van der Waals surface area (Å²) in [6, 6.07) is 59.1. The molecular formula is C48H41Br2IN4. The van der Waals surface area contributed by atoms with Crippen LogP contribution >= 0.6 is 54.5 Å². The monoisotopic (exact) mass is 958 g/mol. The summed E-state index contributed by atoms with van der Waals surface area (Å²) in [6.07, 6.45) is 4.80. The van der Waals surface area contributed by atoms with Crippen molar-refractivity contribution < 1.29 is 0 Å². The van der Waals surface area contributed by atoms with E-state index in [1.807, 2.05) is 12.1 Å². The molecule has 0 unspecified atom stereocenters. The third kappa shape index (κ3) is 8.04. The summed E-state index contributed by atoms with van der Waals surface area (Å²) in [5, 5.41) is 5.06. The number of hydrogen-bond donors (Lipinski definition) is 2. The standard InChI is InChI=1S/C36H23BrN2.C6H4BrI.C6H14N2/c37-26-16-18-28(19-17-26)39-33-12-6-4-10-29(33)31-20-14-25(23-36(31)39)24-15-21-35-32(22-24)30-11-5-7-13-34(30)38(35)27-8-2-1-3-9-27;7-5-1-3-6(8)4-2-5;7-5-3-1-2-4-6(5)8/h1-23H;1-4H;5-6H,1-4,7-8H2/t;;5-,6-/m..1/s1. The van der Waals surface area contributed by atoms with Crippen LogP contribution in [0.4, 0.5) is 0 Å². The highest BCUT2D eigenvalue weighted by Gasteiger charge is 2.17. The van der Waals surface area contributed by atoms with Gasteiger partial charge in [0.1, 0.15) is 0 Å². The van der Waals surface area contributed by atoms with E-state index in [1.54, 1.807) is 0 Å². The molecule has 0 radical (unpaired) electrons. The van der Waals surface area contributed by atoms with E-state index in [2.05, 4.69) is 215 Å². The highest BCUT2D eigenvalue weighted by molar-refractivity contribution is 14.1. The second kappa shape index (κ2) is 16.9. The lowest BCUT2D eigenvalue weighted by Crippen LogP contribution is -2.43. The first kappa shape index (κ1) is 37.7. The van der Waals surface area contributed by atoms with Crippen molar-refractivity contribution in [2.24, 2.45) is 11.5 Å². The van der Waals surface area contributed by atoms with E-state index in [0.29, 0.717) is 0 Å². The summed E-state index contributed by atoms with van der Waals surface area (Å²) in [7, 11) is 0. The van der Waals surface area contributed by atoms with Gasteiger partial charge in [0.15, 0.2) is 0 Å². The minimum atomic E-state index is 0.281. The van der Waals surface area contributed by atoms with Crippen LogP contribution in [0.15, 0.2) is 173 Å². The Morgan fingerprint density at radius 2 is 0.891 bits per heavy atom. The van der Waals surface area contributed by atoms with Crippen LogP contribution in [-0.2, 0) is 0 Å². The summed E-state index contributed by atoms with van der Waals surface area (Å²) < 4.78 is 8.23. The van der Waals surface area contributed by atoms with E-state index >= 15 is 0 Å². The molecule has 2 atom stereocenters. The van der Waals surface area contributed by atoms with Crippen LogP contribution in [0.3, 0.4) is 0 Å². The van der Waals surface area contributed by atoms with Crippen molar-refractivity contribution in [1.82, 2.24) is 9.13 Å². The van der Waals surface area contributed by atoms with Gasteiger partial charge in [0.25, 0.3) is 0 Å². The van der Waals surface area contributed by atoms with Gasteiger partial charge in [-0.1, -0.05) is 117 Å². The highest BCUT2D eigenvalue weighted by atomic mass is 127. The molecule has 1 aliphatic rings. The fourth-order valence-corrected chi connectivity index (χ4v) is 8.53. The number of halogens is 3. The Morgan fingerprint density at radius 3 is 1.49 bits per heavy atom. The van der Waals surface area contributed by atoms with Gasteiger partial charge >= 0.3 is 0 Å². The Kier molecular flexibility index (Phi) is 11.5. The number of aromatic nitrogens is 2. The number of benzene rings is 7. The van der Waals surface area contributed by atoms with Crippen LogP contribution in [0.5, 0.6) is 0 Å². The predicted octanol–water partition coefficient (Wildman–Crippen LogP) is 13.6. The number of nitrogens with zero attached hydrogens (tertiary/aromatic N) is 2. The molecule has 1 fully saturated rings. The van der Waals surface area contributed by atoms with Gasteiger partial charge in [0.2, 0.25) is 0 Å². The van der Waals surface area contributed by atoms with Gasteiger partial charge in [0, 0.05) is 57.5 Å².